The molecule has 3 nitrogen and oxygen atoms in total. The molecule has 0 amide bonds. The molecule has 0 saturated carbocycles. The zero-order valence-corrected chi connectivity index (χ0v) is 37.1. The van der Waals surface area contributed by atoms with Crippen LogP contribution in [0.15, 0.2) is 30.3 Å². The number of hydrogen-bond acceptors (Lipinski definition) is 2. The van der Waals surface area contributed by atoms with E-state index in [1.807, 2.05) is 18.2 Å². The summed E-state index contributed by atoms with van der Waals surface area (Å²) in [4.78, 5) is 0. The van der Waals surface area contributed by atoms with Crippen LogP contribution in [0.25, 0.3) is 0 Å². The molecule has 2 N–H and O–H groups in total. The summed E-state index contributed by atoms with van der Waals surface area (Å²) in [5.41, 5.74) is 1.13. The van der Waals surface area contributed by atoms with Crippen LogP contribution in [0.4, 0.5) is 0 Å². The molecule has 39 heavy (non-hydrogen) atoms. The fraction of sp³-hybridized carbons (Fsp3) is 0.750. The van der Waals surface area contributed by atoms with Crippen molar-refractivity contribution in [2.45, 2.75) is 150 Å². The first kappa shape index (κ1) is 42.0. The molecule has 0 saturated heterocycles. The van der Waals surface area contributed by atoms with E-state index in [4.69, 9.17) is 5.58 Å². The molecule has 223 valence electrons. The predicted octanol–water partition coefficient (Wildman–Crippen LogP) is 9.58. The van der Waals surface area contributed by atoms with Crippen LogP contribution < -0.4 is 0 Å². The zero-order valence-electron chi connectivity index (χ0n) is 28.7. The van der Waals surface area contributed by atoms with Gasteiger partial charge in [0.05, 0.1) is 0 Å². The van der Waals surface area contributed by atoms with E-state index >= 15 is 0 Å². The molecular formula is C32H61Ge4O3. The molecule has 0 spiro atoms. The molecule has 0 aliphatic rings. The molecular weight excluding hydrogens is 723 g/mol. The van der Waals surface area contributed by atoms with Crippen LogP contribution >= 0.6 is 0 Å². The van der Waals surface area contributed by atoms with Gasteiger partial charge >= 0.3 is 262 Å². The van der Waals surface area contributed by atoms with Crippen molar-refractivity contribution >= 4 is 59.8 Å². The second-order valence-electron chi connectivity index (χ2n) is 16.4. The van der Waals surface area contributed by atoms with Gasteiger partial charge in [0.2, 0.25) is 0 Å². The molecule has 0 aliphatic carbocycles. The quantitative estimate of drug-likeness (QED) is 0.226. The van der Waals surface area contributed by atoms with Crippen LogP contribution in [0, 0.1) is 10.7 Å². The van der Waals surface area contributed by atoms with Crippen molar-refractivity contribution in [3.8, 4) is 10.7 Å². The minimum Gasteiger partial charge on any atom is -0.412 e. The van der Waals surface area contributed by atoms with E-state index in [0.29, 0.717) is 4.25 Å². The Bertz CT molecular complexity index is 817. The van der Waals surface area contributed by atoms with Gasteiger partial charge in [-0.25, -0.2) is 0 Å². The molecule has 0 unspecified atom stereocenters. The largest absolute Gasteiger partial charge is 0.412 e. The smallest absolute Gasteiger partial charge is 0.412 e. The van der Waals surface area contributed by atoms with Crippen LogP contribution in [0.1, 0.15) is 130 Å². The van der Waals surface area contributed by atoms with E-state index in [9.17, 15) is 0 Å². The second kappa shape index (κ2) is 16.1. The van der Waals surface area contributed by atoms with Gasteiger partial charge in [-0.1, -0.05) is 0 Å². The summed E-state index contributed by atoms with van der Waals surface area (Å²) in [6, 6.07) is 10.2. The van der Waals surface area contributed by atoms with Gasteiger partial charge in [0.1, 0.15) is 0 Å². The van der Waals surface area contributed by atoms with Crippen molar-refractivity contribution in [1.82, 2.24) is 0 Å². The number of rotatable bonds is 4. The SMILES string of the molecule is C[C](C)(C)[Ge]([O][Ge]([C](C)(C)C)[C](C)(C)C)[O][Ge]([C](C)(C)C)[C](C)(C)C.C[C](C)(C)[Ge][C]#Cc1ccccc1.O. The molecule has 0 aromatic heterocycles. The van der Waals surface area contributed by atoms with Crippen LogP contribution in [-0.4, -0.2) is 65.3 Å². The van der Waals surface area contributed by atoms with E-state index in [0.717, 1.165) is 5.56 Å². The third kappa shape index (κ3) is 18.2. The Morgan fingerprint density at radius 3 is 1.13 bits per heavy atom. The molecule has 0 aliphatic heterocycles. The van der Waals surface area contributed by atoms with Crippen LogP contribution in [0.2, 0.25) is 25.5 Å². The van der Waals surface area contributed by atoms with E-state index in [2.05, 4.69) is 147 Å². The van der Waals surface area contributed by atoms with E-state index in [-0.39, 0.29) is 42.1 Å². The van der Waals surface area contributed by atoms with Crippen LogP contribution in [0.5, 0.6) is 0 Å². The third-order valence-corrected chi connectivity index (χ3v) is 31.4. The predicted molar refractivity (Wildman–Crippen MR) is 180 cm³/mol. The van der Waals surface area contributed by atoms with Gasteiger partial charge in [-0.15, -0.1) is 0 Å². The summed E-state index contributed by atoms with van der Waals surface area (Å²) in [5.74, 6) is 3.21. The molecule has 0 fully saturated rings. The number of benzene rings is 1. The standard InChI is InChI=1S/C20H45Ge3O2.C12H14Ge.H2O/c1-16(2,3)21(17(4,5)6)24-23(20(13,14)15)25-22(18(7,8)9)19(10,11)12;1-12(2,3)13-10-9-11-7-5-4-6-8-11;/h1-15H3;4-8H,1-3H3;1H2. The second-order valence-corrected chi connectivity index (χ2v) is 45.6. The zero-order chi connectivity index (χ0) is 30.4. The van der Waals surface area contributed by atoms with Gasteiger partial charge in [-0.2, -0.15) is 0 Å². The van der Waals surface area contributed by atoms with Crippen molar-refractivity contribution < 1.29 is 11.1 Å². The first-order chi connectivity index (χ1) is 16.7. The molecule has 0 atom stereocenters. The molecule has 7 heteroatoms. The van der Waals surface area contributed by atoms with Crippen molar-refractivity contribution in [3.63, 3.8) is 0 Å². The summed E-state index contributed by atoms with van der Waals surface area (Å²) >= 11 is -5.84. The summed E-state index contributed by atoms with van der Waals surface area (Å²) in [7, 11) is 0. The Morgan fingerprint density at radius 2 is 0.872 bits per heavy atom. The van der Waals surface area contributed by atoms with E-state index in [1.54, 1.807) is 0 Å². The Labute approximate surface area is 265 Å². The summed E-state index contributed by atoms with van der Waals surface area (Å²) < 4.78 is 19.2. The summed E-state index contributed by atoms with van der Waals surface area (Å²) in [5, 5.41) is 0. The third-order valence-electron chi connectivity index (χ3n) is 5.14. The Hall–Kier alpha value is 0.831. The van der Waals surface area contributed by atoms with Crippen molar-refractivity contribution in [2.75, 3.05) is 0 Å². The monoisotopic (exact) mass is 789 g/mol. The fourth-order valence-electron chi connectivity index (χ4n) is 4.19. The Balaban J connectivity index is 0. The molecule has 1 aromatic carbocycles. The summed E-state index contributed by atoms with van der Waals surface area (Å²) in [6.45, 7) is 42.2. The van der Waals surface area contributed by atoms with Gasteiger partial charge in [0.15, 0.2) is 0 Å². The van der Waals surface area contributed by atoms with E-state index in [1.165, 1.54) is 0 Å². The first-order valence-electron chi connectivity index (χ1n) is 14.0. The molecule has 1 aromatic rings. The van der Waals surface area contributed by atoms with Crippen molar-refractivity contribution in [2.24, 2.45) is 0 Å². The minimum absolute atomic E-state index is 0. The van der Waals surface area contributed by atoms with Crippen LogP contribution in [-0.2, 0) is 5.58 Å². The summed E-state index contributed by atoms with van der Waals surface area (Å²) in [6.07, 6.45) is 0. The topological polar surface area (TPSA) is 50.0 Å². The van der Waals surface area contributed by atoms with Gasteiger partial charge in [0, 0.05) is 0 Å². The maximum absolute atomic E-state index is 7.12. The van der Waals surface area contributed by atoms with Crippen molar-refractivity contribution in [1.29, 1.82) is 0 Å². The average Bonchev–Trinajstić information content (AvgIpc) is 2.63. The fourth-order valence-corrected chi connectivity index (χ4v) is 46.5. The number of hydrogen-bond donors (Lipinski definition) is 0. The molecule has 1 rings (SSSR count). The first-order valence-corrected chi connectivity index (χ1v) is 24.7. The molecule has 0 bridgehead atoms. The average molecular weight is 784 g/mol. The van der Waals surface area contributed by atoms with Gasteiger partial charge < -0.3 is 5.48 Å². The Morgan fingerprint density at radius 1 is 0.538 bits per heavy atom. The van der Waals surface area contributed by atoms with Crippen molar-refractivity contribution in [3.05, 3.63) is 35.9 Å². The molecule has 0 heterocycles. The Kier molecular flexibility index (Phi) is 17.3. The molecule has 5 radical (unpaired) electrons. The minimum atomic E-state index is -2.13. The maximum atomic E-state index is 7.12. The maximum Gasteiger partial charge on any atom is -0.412 e. The normalized spacial score (nSPS) is 13.5. The van der Waals surface area contributed by atoms with Crippen LogP contribution in [0.3, 0.4) is 0 Å². The van der Waals surface area contributed by atoms with Gasteiger partial charge in [0.25, 0.3) is 0 Å². The van der Waals surface area contributed by atoms with Gasteiger partial charge in [-0.05, 0) is 0 Å². The van der Waals surface area contributed by atoms with Gasteiger partial charge in [-0.3, -0.25) is 0 Å². The van der Waals surface area contributed by atoms with E-state index < -0.39 is 44.4 Å².